The number of hydrogen-bond acceptors (Lipinski definition) is 6. The van der Waals surface area contributed by atoms with Gasteiger partial charge in [0.2, 0.25) is 0 Å². The maximum absolute atomic E-state index is 12.7. The Kier molecular flexibility index (Phi) is 7.35. The van der Waals surface area contributed by atoms with E-state index in [1.807, 2.05) is 74.5 Å². The Hall–Kier alpha value is -3.88. The van der Waals surface area contributed by atoms with Crippen molar-refractivity contribution in [1.29, 1.82) is 0 Å². The standard InChI is InChI=1S/C30H24N2O4S2/c1-3-37-27-23(29(33)34)19-15-20-22(16-21(19)31-25(27)17-11-7-5-8-12-17)32-26(18-13-9-6-10-14-18)28(38-4-2)24(20)30(35)36/h5-16H,3-4H2,1-2H3,(H,33,34)(H,35,36). The van der Waals surface area contributed by atoms with E-state index in [2.05, 4.69) is 0 Å². The molecule has 2 aromatic heterocycles. The van der Waals surface area contributed by atoms with Gasteiger partial charge in [0.15, 0.2) is 0 Å². The Morgan fingerprint density at radius 1 is 0.658 bits per heavy atom. The molecule has 8 heteroatoms. The fourth-order valence-corrected chi connectivity index (χ4v) is 6.43. The van der Waals surface area contributed by atoms with E-state index in [1.54, 1.807) is 12.1 Å². The van der Waals surface area contributed by atoms with E-state index in [-0.39, 0.29) is 11.1 Å². The maximum atomic E-state index is 12.7. The summed E-state index contributed by atoms with van der Waals surface area (Å²) in [7, 11) is 0. The first kappa shape index (κ1) is 25.8. The zero-order valence-corrected chi connectivity index (χ0v) is 22.4. The Morgan fingerprint density at radius 2 is 1.05 bits per heavy atom. The number of aromatic nitrogens is 2. The minimum Gasteiger partial charge on any atom is -0.478 e. The molecule has 2 N–H and O–H groups in total. The first-order valence-electron chi connectivity index (χ1n) is 12.1. The largest absolute Gasteiger partial charge is 0.478 e. The number of carboxylic acids is 2. The third kappa shape index (κ3) is 4.61. The van der Waals surface area contributed by atoms with Crippen molar-refractivity contribution >= 4 is 57.3 Å². The van der Waals surface area contributed by atoms with Gasteiger partial charge in [0.25, 0.3) is 0 Å². The van der Waals surface area contributed by atoms with Crippen LogP contribution in [0.3, 0.4) is 0 Å². The second kappa shape index (κ2) is 10.8. The van der Waals surface area contributed by atoms with Crippen LogP contribution in [0, 0.1) is 0 Å². The first-order valence-corrected chi connectivity index (χ1v) is 14.1. The summed E-state index contributed by atoms with van der Waals surface area (Å²) in [6.45, 7) is 3.92. The third-order valence-corrected chi connectivity index (χ3v) is 8.05. The van der Waals surface area contributed by atoms with Crippen molar-refractivity contribution in [3.63, 3.8) is 0 Å². The van der Waals surface area contributed by atoms with Gasteiger partial charge in [0.05, 0.1) is 33.5 Å². The lowest BCUT2D eigenvalue weighted by Crippen LogP contribution is -2.07. The topological polar surface area (TPSA) is 100 Å². The summed E-state index contributed by atoms with van der Waals surface area (Å²) in [4.78, 5) is 36.3. The zero-order chi connectivity index (χ0) is 26.8. The zero-order valence-electron chi connectivity index (χ0n) is 20.8. The third-order valence-electron chi connectivity index (χ3n) is 6.10. The van der Waals surface area contributed by atoms with Crippen LogP contribution in [0.1, 0.15) is 34.6 Å². The highest BCUT2D eigenvalue weighted by atomic mass is 32.2. The van der Waals surface area contributed by atoms with Crippen LogP contribution in [0.2, 0.25) is 0 Å². The van der Waals surface area contributed by atoms with Crippen molar-refractivity contribution in [2.24, 2.45) is 0 Å². The molecule has 0 aliphatic heterocycles. The normalized spacial score (nSPS) is 11.2. The molecular formula is C30H24N2O4S2. The van der Waals surface area contributed by atoms with Crippen LogP contribution in [0.25, 0.3) is 44.3 Å². The van der Waals surface area contributed by atoms with Crippen molar-refractivity contribution in [3.8, 4) is 22.5 Å². The first-order chi connectivity index (χ1) is 18.4. The van der Waals surface area contributed by atoms with Crippen LogP contribution in [-0.2, 0) is 0 Å². The van der Waals surface area contributed by atoms with Crippen LogP contribution < -0.4 is 0 Å². The highest BCUT2D eigenvalue weighted by Crippen LogP contribution is 2.41. The molecule has 6 nitrogen and oxygen atoms in total. The van der Waals surface area contributed by atoms with Crippen molar-refractivity contribution in [2.45, 2.75) is 23.6 Å². The molecule has 0 saturated carbocycles. The van der Waals surface area contributed by atoms with Crippen molar-refractivity contribution in [1.82, 2.24) is 9.97 Å². The summed E-state index contributed by atoms with van der Waals surface area (Å²) < 4.78 is 0. The predicted octanol–water partition coefficient (Wildman–Crippen LogP) is 7.74. The molecule has 3 aromatic carbocycles. The fourth-order valence-electron chi connectivity index (χ4n) is 4.56. The van der Waals surface area contributed by atoms with E-state index in [9.17, 15) is 19.8 Å². The van der Waals surface area contributed by atoms with E-state index in [0.29, 0.717) is 54.5 Å². The van der Waals surface area contributed by atoms with Gasteiger partial charge in [-0.3, -0.25) is 0 Å². The number of aromatic carboxylic acids is 2. The Bertz CT molecular complexity index is 1570. The van der Waals surface area contributed by atoms with Gasteiger partial charge in [-0.05, 0) is 23.6 Å². The highest BCUT2D eigenvalue weighted by molar-refractivity contribution is 7.99. The molecule has 2 heterocycles. The van der Waals surface area contributed by atoms with Gasteiger partial charge >= 0.3 is 11.9 Å². The van der Waals surface area contributed by atoms with E-state index < -0.39 is 11.9 Å². The number of thioether (sulfide) groups is 2. The Balaban J connectivity index is 1.94. The molecule has 38 heavy (non-hydrogen) atoms. The molecule has 0 fully saturated rings. The summed E-state index contributed by atoms with van der Waals surface area (Å²) in [6.07, 6.45) is 0. The summed E-state index contributed by atoms with van der Waals surface area (Å²) >= 11 is 2.83. The Labute approximate surface area is 228 Å². The summed E-state index contributed by atoms with van der Waals surface area (Å²) in [5.74, 6) is -0.862. The van der Waals surface area contributed by atoms with Crippen LogP contribution in [0.15, 0.2) is 82.6 Å². The minimum absolute atomic E-state index is 0.121. The molecule has 0 atom stereocenters. The molecule has 0 aliphatic carbocycles. The summed E-state index contributed by atoms with van der Waals surface area (Å²) in [5.41, 5.74) is 3.94. The van der Waals surface area contributed by atoms with Gasteiger partial charge in [-0.25, -0.2) is 19.6 Å². The minimum atomic E-state index is -1.08. The number of nitrogens with zero attached hydrogens (tertiary/aromatic N) is 2. The van der Waals surface area contributed by atoms with E-state index in [1.165, 1.54) is 23.5 Å². The predicted molar refractivity (Wildman–Crippen MR) is 155 cm³/mol. The van der Waals surface area contributed by atoms with Gasteiger partial charge in [0.1, 0.15) is 0 Å². The molecule has 0 unspecified atom stereocenters. The molecule has 0 aliphatic rings. The van der Waals surface area contributed by atoms with Gasteiger partial charge in [-0.15, -0.1) is 23.5 Å². The average Bonchev–Trinajstić information content (AvgIpc) is 2.92. The number of pyridine rings is 2. The molecule has 5 rings (SSSR count). The number of fused-ring (bicyclic) bond motifs is 2. The van der Waals surface area contributed by atoms with Crippen molar-refractivity contribution < 1.29 is 19.8 Å². The van der Waals surface area contributed by atoms with Crippen molar-refractivity contribution in [3.05, 3.63) is 83.9 Å². The molecule has 0 spiro atoms. The van der Waals surface area contributed by atoms with Crippen LogP contribution in [0.5, 0.6) is 0 Å². The molecule has 0 saturated heterocycles. The summed E-state index contributed by atoms with van der Waals surface area (Å²) in [6, 6.07) is 22.3. The number of carboxylic acid groups (broad SMARTS) is 2. The van der Waals surface area contributed by atoms with E-state index in [4.69, 9.17) is 9.97 Å². The second-order valence-corrected chi connectivity index (χ2v) is 11.0. The van der Waals surface area contributed by atoms with Gasteiger partial charge in [-0.1, -0.05) is 74.5 Å². The molecule has 5 aromatic rings. The monoisotopic (exact) mass is 540 g/mol. The molecule has 0 bridgehead atoms. The van der Waals surface area contributed by atoms with Gasteiger partial charge in [0, 0.05) is 31.7 Å². The highest BCUT2D eigenvalue weighted by Gasteiger charge is 2.26. The smallest absolute Gasteiger partial charge is 0.337 e. The molecule has 0 amide bonds. The SMILES string of the molecule is CCSc1c(-c2ccccc2)nc2cc3nc(-c4ccccc4)c(SCC)c(C(=O)O)c3cc2c1C(=O)O. The summed E-state index contributed by atoms with van der Waals surface area (Å²) in [5, 5.41) is 21.5. The van der Waals surface area contributed by atoms with Gasteiger partial charge in [-0.2, -0.15) is 0 Å². The second-order valence-electron chi connectivity index (χ2n) is 8.42. The molecule has 0 radical (unpaired) electrons. The quantitative estimate of drug-likeness (QED) is 0.152. The van der Waals surface area contributed by atoms with Crippen LogP contribution in [0.4, 0.5) is 0 Å². The number of rotatable bonds is 8. The number of carbonyl (C=O) groups is 2. The lowest BCUT2D eigenvalue weighted by atomic mass is 9.98. The number of benzene rings is 3. The van der Waals surface area contributed by atoms with Crippen LogP contribution in [-0.4, -0.2) is 43.6 Å². The lowest BCUT2D eigenvalue weighted by molar-refractivity contribution is 0.0685. The lowest BCUT2D eigenvalue weighted by Gasteiger charge is -2.17. The Morgan fingerprint density at radius 3 is 1.39 bits per heavy atom. The maximum Gasteiger partial charge on any atom is 0.337 e. The fraction of sp³-hybridized carbons (Fsp3) is 0.133. The molecule has 190 valence electrons. The average molecular weight is 541 g/mol. The van der Waals surface area contributed by atoms with Crippen LogP contribution >= 0.6 is 23.5 Å². The van der Waals surface area contributed by atoms with Gasteiger partial charge < -0.3 is 10.2 Å². The van der Waals surface area contributed by atoms with E-state index in [0.717, 1.165) is 11.1 Å². The van der Waals surface area contributed by atoms with Crippen molar-refractivity contribution in [2.75, 3.05) is 11.5 Å². The molecular weight excluding hydrogens is 516 g/mol. The van der Waals surface area contributed by atoms with E-state index >= 15 is 0 Å². The number of hydrogen-bond donors (Lipinski definition) is 2.